The summed E-state index contributed by atoms with van der Waals surface area (Å²) in [7, 11) is 0. The Morgan fingerprint density at radius 1 is 0.944 bits per heavy atom. The van der Waals surface area contributed by atoms with E-state index in [1.54, 1.807) is 0 Å². The monoisotopic (exact) mass is 239 g/mol. The van der Waals surface area contributed by atoms with E-state index < -0.39 is 4.92 Å². The fourth-order valence-corrected chi connectivity index (χ4v) is 2.18. The highest BCUT2D eigenvalue weighted by Crippen LogP contribution is 2.34. The maximum absolute atomic E-state index is 10.8. The number of benzene rings is 3. The Bertz CT molecular complexity index is 780. The van der Waals surface area contributed by atoms with Crippen LogP contribution in [0.25, 0.3) is 21.5 Å². The molecule has 0 radical (unpaired) electrons. The van der Waals surface area contributed by atoms with Crippen molar-refractivity contribution in [2.45, 2.75) is 0 Å². The lowest BCUT2D eigenvalue weighted by Crippen LogP contribution is -1.89. The van der Waals surface area contributed by atoms with Crippen LogP contribution in [0.4, 0.5) is 5.69 Å². The van der Waals surface area contributed by atoms with Gasteiger partial charge in [-0.2, -0.15) is 0 Å². The standard InChI is InChI=1S/C14H9NO3/c16-14-7-10-6-5-9-3-1-2-4-11(9)12(10)8-13(14)15(17)18/h1-8,16H. The van der Waals surface area contributed by atoms with Gasteiger partial charge < -0.3 is 5.11 Å². The molecule has 0 atom stereocenters. The SMILES string of the molecule is O=[N+]([O-])c1cc2c(ccc3ccccc32)cc1O. The van der Waals surface area contributed by atoms with Gasteiger partial charge in [0.2, 0.25) is 0 Å². The minimum atomic E-state index is -0.573. The molecule has 0 aliphatic heterocycles. The molecule has 1 N–H and O–H groups in total. The Balaban J connectivity index is 2.49. The highest BCUT2D eigenvalue weighted by atomic mass is 16.6. The molecule has 0 aromatic heterocycles. The van der Waals surface area contributed by atoms with E-state index in [2.05, 4.69) is 0 Å². The van der Waals surface area contributed by atoms with Gasteiger partial charge in [0.15, 0.2) is 5.75 Å². The number of nitro groups is 1. The maximum Gasteiger partial charge on any atom is 0.311 e. The van der Waals surface area contributed by atoms with Gasteiger partial charge in [-0.25, -0.2) is 0 Å². The molecule has 3 aromatic rings. The summed E-state index contributed by atoms with van der Waals surface area (Å²) in [5, 5.41) is 24.0. The molecule has 0 aliphatic carbocycles. The lowest BCUT2D eigenvalue weighted by molar-refractivity contribution is -0.385. The van der Waals surface area contributed by atoms with Crippen LogP contribution >= 0.6 is 0 Å². The van der Waals surface area contributed by atoms with Crippen LogP contribution in [0.2, 0.25) is 0 Å². The van der Waals surface area contributed by atoms with Crippen molar-refractivity contribution in [3.8, 4) is 5.75 Å². The third-order valence-corrected chi connectivity index (χ3v) is 3.04. The van der Waals surface area contributed by atoms with Gasteiger partial charge in [-0.1, -0.05) is 36.4 Å². The van der Waals surface area contributed by atoms with Crippen molar-refractivity contribution in [2.24, 2.45) is 0 Å². The molecule has 18 heavy (non-hydrogen) atoms. The van der Waals surface area contributed by atoms with Gasteiger partial charge in [-0.3, -0.25) is 10.1 Å². The molecule has 3 rings (SSSR count). The highest BCUT2D eigenvalue weighted by Gasteiger charge is 2.15. The molecule has 0 unspecified atom stereocenters. The summed E-state index contributed by atoms with van der Waals surface area (Å²) in [6.07, 6.45) is 0. The Hall–Kier alpha value is -2.62. The Kier molecular flexibility index (Phi) is 2.16. The largest absolute Gasteiger partial charge is 0.502 e. The summed E-state index contributed by atoms with van der Waals surface area (Å²) < 4.78 is 0. The first kappa shape index (κ1) is 10.5. The normalized spacial score (nSPS) is 10.9. The summed E-state index contributed by atoms with van der Waals surface area (Å²) >= 11 is 0. The zero-order valence-corrected chi connectivity index (χ0v) is 9.33. The van der Waals surface area contributed by atoms with E-state index in [1.807, 2.05) is 36.4 Å². The number of rotatable bonds is 1. The third-order valence-electron chi connectivity index (χ3n) is 3.04. The summed E-state index contributed by atoms with van der Waals surface area (Å²) in [6.45, 7) is 0. The number of hydrogen-bond acceptors (Lipinski definition) is 3. The second-order valence-corrected chi connectivity index (χ2v) is 4.11. The van der Waals surface area contributed by atoms with Gasteiger partial charge in [0.1, 0.15) is 0 Å². The molecule has 0 saturated heterocycles. The first-order valence-corrected chi connectivity index (χ1v) is 5.46. The molecule has 0 spiro atoms. The van der Waals surface area contributed by atoms with E-state index in [0.717, 1.165) is 21.5 Å². The molecule has 3 aromatic carbocycles. The van der Waals surface area contributed by atoms with Crippen LogP contribution in [0.1, 0.15) is 0 Å². The molecule has 88 valence electrons. The van der Waals surface area contributed by atoms with Gasteiger partial charge in [0.05, 0.1) is 4.92 Å². The number of phenols is 1. The van der Waals surface area contributed by atoms with E-state index >= 15 is 0 Å². The molecule has 0 saturated carbocycles. The second-order valence-electron chi connectivity index (χ2n) is 4.11. The summed E-state index contributed by atoms with van der Waals surface area (Å²) in [5.41, 5.74) is -0.265. The van der Waals surface area contributed by atoms with Crippen molar-refractivity contribution in [1.29, 1.82) is 0 Å². The zero-order chi connectivity index (χ0) is 12.7. The van der Waals surface area contributed by atoms with Crippen LogP contribution in [0.15, 0.2) is 48.5 Å². The molecule has 0 bridgehead atoms. The van der Waals surface area contributed by atoms with Crippen LogP contribution in [0.5, 0.6) is 5.75 Å². The lowest BCUT2D eigenvalue weighted by atomic mass is 10.0. The fourth-order valence-electron chi connectivity index (χ4n) is 2.18. The predicted octanol–water partition coefficient (Wildman–Crippen LogP) is 3.61. The first-order chi connectivity index (χ1) is 8.66. The number of hydrogen-bond donors (Lipinski definition) is 1. The van der Waals surface area contributed by atoms with Crippen LogP contribution in [-0.2, 0) is 0 Å². The summed E-state index contributed by atoms with van der Waals surface area (Å²) in [6, 6.07) is 14.3. The van der Waals surface area contributed by atoms with Gasteiger partial charge in [0, 0.05) is 6.07 Å². The van der Waals surface area contributed by atoms with Crippen molar-refractivity contribution in [3.05, 3.63) is 58.6 Å². The average Bonchev–Trinajstić information content (AvgIpc) is 2.37. The van der Waals surface area contributed by atoms with Gasteiger partial charge in [-0.15, -0.1) is 0 Å². The van der Waals surface area contributed by atoms with E-state index in [4.69, 9.17) is 0 Å². The van der Waals surface area contributed by atoms with Crippen LogP contribution < -0.4 is 0 Å². The van der Waals surface area contributed by atoms with Crippen LogP contribution in [-0.4, -0.2) is 10.0 Å². The maximum atomic E-state index is 10.8. The van der Waals surface area contributed by atoms with Gasteiger partial charge >= 0.3 is 5.69 Å². The average molecular weight is 239 g/mol. The van der Waals surface area contributed by atoms with E-state index in [9.17, 15) is 15.2 Å². The Morgan fingerprint density at radius 2 is 1.67 bits per heavy atom. The van der Waals surface area contributed by atoms with Gasteiger partial charge in [0.25, 0.3) is 0 Å². The number of phenolic OH excluding ortho intramolecular Hbond substituents is 1. The van der Waals surface area contributed by atoms with E-state index in [1.165, 1.54) is 12.1 Å². The number of nitrogens with zero attached hydrogens (tertiary/aromatic N) is 1. The van der Waals surface area contributed by atoms with E-state index in [0.29, 0.717) is 0 Å². The Labute approximate surface area is 102 Å². The Morgan fingerprint density at radius 3 is 2.44 bits per heavy atom. The van der Waals surface area contributed by atoms with Crippen LogP contribution in [0, 0.1) is 10.1 Å². The van der Waals surface area contributed by atoms with Crippen molar-refractivity contribution in [3.63, 3.8) is 0 Å². The molecule has 0 aliphatic rings. The molecular formula is C14H9NO3. The highest BCUT2D eigenvalue weighted by molar-refractivity contribution is 6.08. The molecule has 0 amide bonds. The van der Waals surface area contributed by atoms with Crippen molar-refractivity contribution in [1.82, 2.24) is 0 Å². The van der Waals surface area contributed by atoms with Crippen molar-refractivity contribution < 1.29 is 10.0 Å². The third kappa shape index (κ3) is 1.47. The van der Waals surface area contributed by atoms with Crippen molar-refractivity contribution >= 4 is 27.2 Å². The number of nitro benzene ring substituents is 1. The quantitative estimate of drug-likeness (QED) is 0.401. The topological polar surface area (TPSA) is 63.4 Å². The zero-order valence-electron chi connectivity index (χ0n) is 9.33. The predicted molar refractivity (Wildman–Crippen MR) is 69.8 cm³/mol. The summed E-state index contributed by atoms with van der Waals surface area (Å²) in [5.74, 6) is -0.303. The molecule has 0 fully saturated rings. The minimum absolute atomic E-state index is 0.265. The van der Waals surface area contributed by atoms with Crippen LogP contribution in [0.3, 0.4) is 0 Å². The molecule has 4 heteroatoms. The minimum Gasteiger partial charge on any atom is -0.502 e. The second kappa shape index (κ2) is 3.70. The van der Waals surface area contributed by atoms with Crippen molar-refractivity contribution in [2.75, 3.05) is 0 Å². The lowest BCUT2D eigenvalue weighted by Gasteiger charge is -2.04. The molecule has 0 heterocycles. The first-order valence-electron chi connectivity index (χ1n) is 5.46. The number of fused-ring (bicyclic) bond motifs is 3. The van der Waals surface area contributed by atoms with E-state index in [-0.39, 0.29) is 11.4 Å². The molecule has 4 nitrogen and oxygen atoms in total. The smallest absolute Gasteiger partial charge is 0.311 e. The van der Waals surface area contributed by atoms with Gasteiger partial charge in [-0.05, 0) is 27.6 Å². The number of aromatic hydroxyl groups is 1. The molecular weight excluding hydrogens is 230 g/mol. The fraction of sp³-hybridized carbons (Fsp3) is 0. The summed E-state index contributed by atoms with van der Waals surface area (Å²) in [4.78, 5) is 10.3.